The van der Waals surface area contributed by atoms with Crippen molar-refractivity contribution in [3.63, 3.8) is 0 Å². The molecular formula is C17H17F2N3OS. The first-order valence-corrected chi connectivity index (χ1v) is 8.92. The fourth-order valence-corrected chi connectivity index (χ4v) is 3.97. The molecule has 1 N–H and O–H groups in total. The summed E-state index contributed by atoms with van der Waals surface area (Å²) in [5.41, 5.74) is 0.673. The molecule has 1 saturated carbocycles. The standard InChI is InChI=1S/C17H17F2N3OS/c18-13-3-4-14(19)12-9-22(7-5-11(12)13)17(23)21-15(10-1-2-10)16-20-6-8-24-16/h3-4,6,8,10,15H,1-2,5,7,9H2,(H,21,23)/t15-/m1/s1. The first-order valence-electron chi connectivity index (χ1n) is 8.04. The molecule has 1 aliphatic carbocycles. The van der Waals surface area contributed by atoms with Crippen LogP contribution in [0.25, 0.3) is 0 Å². The molecule has 1 aliphatic heterocycles. The Morgan fingerprint density at radius 2 is 2.04 bits per heavy atom. The zero-order chi connectivity index (χ0) is 16.7. The number of hydrogen-bond acceptors (Lipinski definition) is 3. The Balaban J connectivity index is 1.50. The van der Waals surface area contributed by atoms with Crippen molar-refractivity contribution in [2.45, 2.75) is 31.8 Å². The van der Waals surface area contributed by atoms with Gasteiger partial charge in [0, 0.05) is 23.7 Å². The lowest BCUT2D eigenvalue weighted by Gasteiger charge is -2.31. The number of thiazole rings is 1. The van der Waals surface area contributed by atoms with Gasteiger partial charge >= 0.3 is 6.03 Å². The first-order chi connectivity index (χ1) is 11.6. The van der Waals surface area contributed by atoms with Crippen LogP contribution in [-0.2, 0) is 13.0 Å². The summed E-state index contributed by atoms with van der Waals surface area (Å²) in [6.07, 6.45) is 4.22. The monoisotopic (exact) mass is 349 g/mol. The van der Waals surface area contributed by atoms with E-state index in [4.69, 9.17) is 0 Å². The summed E-state index contributed by atoms with van der Waals surface area (Å²) < 4.78 is 27.8. The fourth-order valence-electron chi connectivity index (χ4n) is 3.19. The van der Waals surface area contributed by atoms with Gasteiger partial charge in [0.1, 0.15) is 16.6 Å². The van der Waals surface area contributed by atoms with Crippen LogP contribution in [0.15, 0.2) is 23.7 Å². The first kappa shape index (κ1) is 15.5. The topological polar surface area (TPSA) is 45.2 Å². The number of carbonyl (C=O) groups is 1. The molecule has 24 heavy (non-hydrogen) atoms. The molecule has 2 aliphatic rings. The lowest BCUT2D eigenvalue weighted by molar-refractivity contribution is 0.185. The lowest BCUT2D eigenvalue weighted by Crippen LogP contribution is -2.45. The van der Waals surface area contributed by atoms with Crippen molar-refractivity contribution in [2.24, 2.45) is 5.92 Å². The minimum Gasteiger partial charge on any atom is -0.328 e. The average Bonchev–Trinajstić information content (AvgIpc) is 3.29. The van der Waals surface area contributed by atoms with Gasteiger partial charge in [0.05, 0.1) is 12.6 Å². The van der Waals surface area contributed by atoms with Crippen molar-refractivity contribution in [1.29, 1.82) is 0 Å². The second-order valence-corrected chi connectivity index (χ2v) is 7.22. The van der Waals surface area contributed by atoms with Crippen LogP contribution in [0.3, 0.4) is 0 Å². The van der Waals surface area contributed by atoms with E-state index in [1.165, 1.54) is 11.3 Å². The van der Waals surface area contributed by atoms with Crippen molar-refractivity contribution < 1.29 is 13.6 Å². The largest absolute Gasteiger partial charge is 0.328 e. The molecule has 0 radical (unpaired) electrons. The average molecular weight is 349 g/mol. The number of halogens is 2. The van der Waals surface area contributed by atoms with Crippen LogP contribution in [0.5, 0.6) is 0 Å². The summed E-state index contributed by atoms with van der Waals surface area (Å²) >= 11 is 1.53. The number of aromatic nitrogens is 1. The van der Waals surface area contributed by atoms with Crippen LogP contribution in [0.4, 0.5) is 13.6 Å². The van der Waals surface area contributed by atoms with Gasteiger partial charge < -0.3 is 10.2 Å². The van der Waals surface area contributed by atoms with Gasteiger partial charge in [-0.15, -0.1) is 11.3 Å². The minimum atomic E-state index is -0.456. The molecule has 0 saturated heterocycles. The van der Waals surface area contributed by atoms with Gasteiger partial charge in [-0.05, 0) is 42.9 Å². The van der Waals surface area contributed by atoms with E-state index in [-0.39, 0.29) is 24.2 Å². The van der Waals surface area contributed by atoms with E-state index in [9.17, 15) is 13.6 Å². The van der Waals surface area contributed by atoms with Gasteiger partial charge in [0.2, 0.25) is 0 Å². The highest BCUT2D eigenvalue weighted by atomic mass is 32.1. The highest BCUT2D eigenvalue weighted by Gasteiger charge is 2.36. The molecule has 0 spiro atoms. The Morgan fingerprint density at radius 3 is 2.71 bits per heavy atom. The van der Waals surface area contributed by atoms with E-state index >= 15 is 0 Å². The second kappa shape index (κ2) is 6.12. The zero-order valence-electron chi connectivity index (χ0n) is 13.0. The Labute approximate surface area is 142 Å². The van der Waals surface area contributed by atoms with Gasteiger partial charge in [-0.1, -0.05) is 0 Å². The van der Waals surface area contributed by atoms with Crippen molar-refractivity contribution in [3.05, 3.63) is 51.5 Å². The maximum absolute atomic E-state index is 14.0. The maximum atomic E-state index is 14.0. The second-order valence-electron chi connectivity index (χ2n) is 6.29. The van der Waals surface area contributed by atoms with E-state index in [0.717, 1.165) is 30.0 Å². The third kappa shape index (κ3) is 2.88. The SMILES string of the molecule is O=C(N[C@@H](c1nccs1)C1CC1)N1CCc2c(F)ccc(F)c2C1. The van der Waals surface area contributed by atoms with Gasteiger partial charge in [0.25, 0.3) is 0 Å². The van der Waals surface area contributed by atoms with Gasteiger partial charge in [-0.25, -0.2) is 18.6 Å². The van der Waals surface area contributed by atoms with E-state index < -0.39 is 11.6 Å². The van der Waals surface area contributed by atoms with E-state index in [1.54, 1.807) is 11.1 Å². The number of nitrogens with zero attached hydrogens (tertiary/aromatic N) is 2. The van der Waals surface area contributed by atoms with Crippen LogP contribution in [0, 0.1) is 17.6 Å². The number of hydrogen-bond donors (Lipinski definition) is 1. The molecule has 1 fully saturated rings. The number of amides is 2. The number of nitrogens with one attached hydrogen (secondary N) is 1. The fraction of sp³-hybridized carbons (Fsp3) is 0.412. The van der Waals surface area contributed by atoms with Crippen LogP contribution in [-0.4, -0.2) is 22.5 Å². The van der Waals surface area contributed by atoms with Gasteiger partial charge in [0.15, 0.2) is 0 Å². The maximum Gasteiger partial charge on any atom is 0.318 e. The van der Waals surface area contributed by atoms with Crippen molar-refractivity contribution >= 4 is 17.4 Å². The summed E-state index contributed by atoms with van der Waals surface area (Å²) in [6.45, 7) is 0.481. The summed E-state index contributed by atoms with van der Waals surface area (Å²) in [4.78, 5) is 18.5. The normalized spacial score (nSPS) is 18.2. The molecule has 1 aromatic carbocycles. The van der Waals surface area contributed by atoms with Crippen LogP contribution in [0.2, 0.25) is 0 Å². The van der Waals surface area contributed by atoms with Crippen molar-refractivity contribution in [1.82, 2.24) is 15.2 Å². The third-order valence-corrected chi connectivity index (χ3v) is 5.53. The number of fused-ring (bicyclic) bond motifs is 1. The third-order valence-electron chi connectivity index (χ3n) is 4.67. The van der Waals surface area contributed by atoms with Crippen LogP contribution < -0.4 is 5.32 Å². The van der Waals surface area contributed by atoms with Gasteiger partial charge in [-0.2, -0.15) is 0 Å². The Bertz CT molecular complexity index is 761. The predicted molar refractivity (Wildman–Crippen MR) is 86.6 cm³/mol. The number of benzene rings is 1. The molecule has 1 aromatic heterocycles. The van der Waals surface area contributed by atoms with Crippen molar-refractivity contribution in [3.8, 4) is 0 Å². The van der Waals surface area contributed by atoms with Crippen molar-refractivity contribution in [2.75, 3.05) is 6.54 Å². The van der Waals surface area contributed by atoms with E-state index in [0.29, 0.717) is 24.4 Å². The van der Waals surface area contributed by atoms with Crippen LogP contribution in [0.1, 0.15) is 35.0 Å². The molecule has 4 nitrogen and oxygen atoms in total. The van der Waals surface area contributed by atoms with E-state index in [2.05, 4.69) is 10.3 Å². The quantitative estimate of drug-likeness (QED) is 0.919. The van der Waals surface area contributed by atoms with E-state index in [1.807, 2.05) is 5.38 Å². The Hall–Kier alpha value is -2.02. The molecule has 2 heterocycles. The highest BCUT2D eigenvalue weighted by molar-refractivity contribution is 7.09. The minimum absolute atomic E-state index is 0.0868. The smallest absolute Gasteiger partial charge is 0.318 e. The zero-order valence-corrected chi connectivity index (χ0v) is 13.8. The molecule has 1 atom stereocenters. The van der Waals surface area contributed by atoms with Gasteiger partial charge in [-0.3, -0.25) is 0 Å². The predicted octanol–water partition coefficient (Wildman–Crippen LogP) is 3.64. The lowest BCUT2D eigenvalue weighted by atomic mass is 9.99. The molecule has 126 valence electrons. The summed E-state index contributed by atoms with van der Waals surface area (Å²) in [5.74, 6) is -0.431. The Kier molecular flexibility index (Phi) is 3.96. The molecular weight excluding hydrogens is 332 g/mol. The summed E-state index contributed by atoms with van der Waals surface area (Å²) in [7, 11) is 0. The molecule has 0 unspecified atom stereocenters. The molecule has 2 aromatic rings. The summed E-state index contributed by atoms with van der Waals surface area (Å²) in [6, 6.07) is 1.95. The number of rotatable bonds is 3. The Morgan fingerprint density at radius 1 is 1.29 bits per heavy atom. The molecule has 2 amide bonds. The summed E-state index contributed by atoms with van der Waals surface area (Å²) in [5, 5.41) is 5.83. The molecule has 4 rings (SSSR count). The van der Waals surface area contributed by atoms with Crippen LogP contribution >= 0.6 is 11.3 Å². The molecule has 7 heteroatoms. The highest BCUT2D eigenvalue weighted by Crippen LogP contribution is 2.41. The number of carbonyl (C=O) groups excluding carboxylic acids is 1. The molecule has 0 bridgehead atoms. The number of urea groups is 1.